The van der Waals surface area contributed by atoms with Crippen molar-refractivity contribution in [3.63, 3.8) is 0 Å². The van der Waals surface area contributed by atoms with Gasteiger partial charge in [0.1, 0.15) is 0 Å². The highest BCUT2D eigenvalue weighted by Crippen LogP contribution is 2.12. The minimum atomic E-state index is 0.782. The highest BCUT2D eigenvalue weighted by molar-refractivity contribution is 5.23. The smallest absolute Gasteiger partial charge is 0.0993 e. The van der Waals surface area contributed by atoms with E-state index in [1.807, 2.05) is 6.08 Å². The molecule has 5 N–H and O–H groups in total. The minimum Gasteiger partial charge on any atom is -0.405 e. The van der Waals surface area contributed by atoms with Crippen molar-refractivity contribution in [2.24, 2.45) is 11.5 Å². The number of allylic oxidation sites excluding steroid dienone is 2. The fraction of sp³-hybridized carbons (Fsp3) is 0.500. The molecule has 3 heteroatoms. The Kier molecular flexibility index (Phi) is 2.83. The second-order valence-electron chi connectivity index (χ2n) is 2.68. The van der Waals surface area contributed by atoms with E-state index in [2.05, 4.69) is 5.32 Å². The van der Waals surface area contributed by atoms with Crippen LogP contribution in [0, 0.1) is 0 Å². The SMILES string of the molecule is N/C=C\C1=C(N)NCCCC1. The van der Waals surface area contributed by atoms with Crippen LogP contribution in [0.3, 0.4) is 0 Å². The monoisotopic (exact) mass is 153 g/mol. The number of rotatable bonds is 1. The zero-order valence-electron chi connectivity index (χ0n) is 6.64. The lowest BCUT2D eigenvalue weighted by Crippen LogP contribution is -2.20. The van der Waals surface area contributed by atoms with Crippen LogP contribution in [0.2, 0.25) is 0 Å². The number of hydrogen-bond donors (Lipinski definition) is 3. The summed E-state index contributed by atoms with van der Waals surface area (Å²) in [5, 5.41) is 3.13. The van der Waals surface area contributed by atoms with Crippen molar-refractivity contribution in [2.45, 2.75) is 19.3 Å². The predicted molar refractivity (Wildman–Crippen MR) is 46.4 cm³/mol. The van der Waals surface area contributed by atoms with Gasteiger partial charge in [-0.05, 0) is 37.1 Å². The molecular formula is C8H15N3. The van der Waals surface area contributed by atoms with Gasteiger partial charge in [-0.2, -0.15) is 0 Å². The lowest BCUT2D eigenvalue weighted by Gasteiger charge is -2.04. The van der Waals surface area contributed by atoms with E-state index in [4.69, 9.17) is 11.5 Å². The molecular weight excluding hydrogens is 138 g/mol. The lowest BCUT2D eigenvalue weighted by molar-refractivity contribution is 0.713. The summed E-state index contributed by atoms with van der Waals surface area (Å²) < 4.78 is 0. The first kappa shape index (κ1) is 7.98. The third kappa shape index (κ3) is 2.18. The third-order valence-corrected chi connectivity index (χ3v) is 1.83. The first-order chi connectivity index (χ1) is 5.34. The summed E-state index contributed by atoms with van der Waals surface area (Å²) in [4.78, 5) is 0. The molecule has 0 saturated heterocycles. The van der Waals surface area contributed by atoms with Gasteiger partial charge in [0.05, 0.1) is 5.82 Å². The second kappa shape index (κ2) is 3.91. The molecule has 1 heterocycles. The van der Waals surface area contributed by atoms with E-state index in [-0.39, 0.29) is 0 Å². The van der Waals surface area contributed by atoms with Gasteiger partial charge < -0.3 is 16.8 Å². The van der Waals surface area contributed by atoms with E-state index < -0.39 is 0 Å². The molecule has 0 aromatic heterocycles. The van der Waals surface area contributed by atoms with Gasteiger partial charge in [-0.25, -0.2) is 0 Å². The summed E-state index contributed by atoms with van der Waals surface area (Å²) >= 11 is 0. The van der Waals surface area contributed by atoms with Gasteiger partial charge in [0.15, 0.2) is 0 Å². The molecule has 0 spiro atoms. The number of nitrogens with one attached hydrogen (secondary N) is 1. The van der Waals surface area contributed by atoms with Gasteiger partial charge in [0.2, 0.25) is 0 Å². The van der Waals surface area contributed by atoms with Crippen molar-refractivity contribution >= 4 is 0 Å². The molecule has 11 heavy (non-hydrogen) atoms. The highest BCUT2D eigenvalue weighted by Gasteiger charge is 2.04. The van der Waals surface area contributed by atoms with Crippen molar-refractivity contribution in [1.82, 2.24) is 5.32 Å². The van der Waals surface area contributed by atoms with Crippen LogP contribution >= 0.6 is 0 Å². The van der Waals surface area contributed by atoms with Crippen LogP contribution in [-0.4, -0.2) is 6.54 Å². The maximum Gasteiger partial charge on any atom is 0.0993 e. The summed E-state index contributed by atoms with van der Waals surface area (Å²) in [7, 11) is 0. The highest BCUT2D eigenvalue weighted by atomic mass is 15.0. The summed E-state index contributed by atoms with van der Waals surface area (Å²) in [6.07, 6.45) is 6.81. The van der Waals surface area contributed by atoms with Crippen LogP contribution < -0.4 is 16.8 Å². The summed E-state index contributed by atoms with van der Waals surface area (Å²) in [6.45, 7) is 0.980. The molecule has 1 rings (SSSR count). The largest absolute Gasteiger partial charge is 0.405 e. The molecule has 0 fully saturated rings. The third-order valence-electron chi connectivity index (χ3n) is 1.83. The maximum atomic E-state index is 5.73. The molecule has 0 atom stereocenters. The Balaban J connectivity index is 2.67. The molecule has 0 unspecified atom stereocenters. The fourth-order valence-corrected chi connectivity index (χ4v) is 1.20. The zero-order valence-corrected chi connectivity index (χ0v) is 6.64. The Hall–Kier alpha value is -1.12. The Labute approximate surface area is 67.1 Å². The van der Waals surface area contributed by atoms with Crippen LogP contribution in [0.5, 0.6) is 0 Å². The Bertz CT molecular complexity index is 182. The van der Waals surface area contributed by atoms with Crippen molar-refractivity contribution in [3.8, 4) is 0 Å². The topological polar surface area (TPSA) is 64.1 Å². The molecule has 0 bridgehead atoms. The van der Waals surface area contributed by atoms with E-state index in [9.17, 15) is 0 Å². The van der Waals surface area contributed by atoms with Crippen molar-refractivity contribution in [2.75, 3.05) is 6.54 Å². The molecule has 0 aromatic rings. The molecule has 0 aromatic carbocycles. The first-order valence-corrected chi connectivity index (χ1v) is 3.95. The molecule has 0 amide bonds. The summed E-state index contributed by atoms with van der Waals surface area (Å²) in [6, 6.07) is 0. The van der Waals surface area contributed by atoms with Crippen molar-refractivity contribution < 1.29 is 0 Å². The minimum absolute atomic E-state index is 0.782. The average molecular weight is 153 g/mol. The fourth-order valence-electron chi connectivity index (χ4n) is 1.20. The van der Waals surface area contributed by atoms with E-state index in [0.29, 0.717) is 0 Å². The zero-order chi connectivity index (χ0) is 8.10. The quantitative estimate of drug-likeness (QED) is 0.511. The van der Waals surface area contributed by atoms with Gasteiger partial charge in [-0.3, -0.25) is 0 Å². The summed E-state index contributed by atoms with van der Waals surface area (Å²) in [5.41, 5.74) is 12.1. The normalized spacial score (nSPS) is 20.0. The Morgan fingerprint density at radius 2 is 2.18 bits per heavy atom. The van der Waals surface area contributed by atoms with Crippen LogP contribution in [-0.2, 0) is 0 Å². The van der Waals surface area contributed by atoms with Crippen LogP contribution in [0.15, 0.2) is 23.7 Å². The average Bonchev–Trinajstić information content (AvgIpc) is 2.18. The van der Waals surface area contributed by atoms with Crippen LogP contribution in [0.1, 0.15) is 19.3 Å². The van der Waals surface area contributed by atoms with Crippen molar-refractivity contribution in [3.05, 3.63) is 23.7 Å². The number of nitrogens with two attached hydrogens (primary N) is 2. The van der Waals surface area contributed by atoms with Crippen LogP contribution in [0.25, 0.3) is 0 Å². The van der Waals surface area contributed by atoms with Gasteiger partial charge >= 0.3 is 0 Å². The molecule has 0 radical (unpaired) electrons. The molecule has 0 aliphatic carbocycles. The standard InChI is InChI=1S/C8H15N3/c9-5-4-7-3-1-2-6-11-8(7)10/h4-5,11H,1-3,6,9-10H2/b5-4-. The number of hydrogen-bond acceptors (Lipinski definition) is 3. The predicted octanol–water partition coefficient (Wildman–Crippen LogP) is 0.403. The van der Waals surface area contributed by atoms with Gasteiger partial charge in [-0.1, -0.05) is 0 Å². The maximum absolute atomic E-state index is 5.73. The molecule has 62 valence electrons. The molecule has 1 aliphatic rings. The molecule has 1 aliphatic heterocycles. The van der Waals surface area contributed by atoms with E-state index in [1.165, 1.54) is 19.0 Å². The van der Waals surface area contributed by atoms with Gasteiger partial charge in [-0.15, -0.1) is 0 Å². The van der Waals surface area contributed by atoms with Gasteiger partial charge in [0.25, 0.3) is 0 Å². The Morgan fingerprint density at radius 3 is 2.91 bits per heavy atom. The molecule has 0 saturated carbocycles. The lowest BCUT2D eigenvalue weighted by atomic mass is 10.1. The van der Waals surface area contributed by atoms with E-state index >= 15 is 0 Å². The van der Waals surface area contributed by atoms with E-state index in [0.717, 1.165) is 24.4 Å². The second-order valence-corrected chi connectivity index (χ2v) is 2.68. The summed E-state index contributed by atoms with van der Waals surface area (Å²) in [5.74, 6) is 0.782. The van der Waals surface area contributed by atoms with Gasteiger partial charge in [0, 0.05) is 6.54 Å². The van der Waals surface area contributed by atoms with E-state index in [1.54, 1.807) is 0 Å². The Morgan fingerprint density at radius 1 is 1.36 bits per heavy atom. The molecule has 3 nitrogen and oxygen atoms in total. The van der Waals surface area contributed by atoms with Crippen LogP contribution in [0.4, 0.5) is 0 Å². The first-order valence-electron chi connectivity index (χ1n) is 3.95. The van der Waals surface area contributed by atoms with Crippen molar-refractivity contribution in [1.29, 1.82) is 0 Å².